The van der Waals surface area contributed by atoms with Gasteiger partial charge in [-0.3, -0.25) is 4.79 Å². The number of amides is 1. The molecule has 31 heavy (non-hydrogen) atoms. The fraction of sp³-hybridized carbons (Fsp3) is 0.261. The van der Waals surface area contributed by atoms with Crippen LogP contribution in [0.25, 0.3) is 11.3 Å². The van der Waals surface area contributed by atoms with E-state index in [0.717, 1.165) is 17.1 Å². The number of rotatable bonds is 5. The molecule has 1 aliphatic rings. The van der Waals surface area contributed by atoms with E-state index in [1.54, 1.807) is 32.4 Å². The molecule has 0 unspecified atom stereocenters. The number of benzene rings is 2. The first kappa shape index (κ1) is 20.9. The third-order valence-corrected chi connectivity index (χ3v) is 5.66. The summed E-state index contributed by atoms with van der Waals surface area (Å²) in [6, 6.07) is 16.7. The largest absolute Gasteiger partial charge is 0.496 e. The van der Waals surface area contributed by atoms with Gasteiger partial charge < -0.3 is 19.3 Å². The Morgan fingerprint density at radius 2 is 1.55 bits per heavy atom. The van der Waals surface area contributed by atoms with Crippen molar-refractivity contribution in [3.8, 4) is 22.8 Å². The average Bonchev–Trinajstić information content (AvgIpc) is 2.83. The molecule has 0 saturated carbocycles. The van der Waals surface area contributed by atoms with Gasteiger partial charge in [0.05, 0.1) is 24.9 Å². The van der Waals surface area contributed by atoms with Crippen LogP contribution in [0.2, 0.25) is 5.02 Å². The van der Waals surface area contributed by atoms with E-state index in [1.165, 1.54) is 0 Å². The molecular formula is C23H23ClN4O3. The van der Waals surface area contributed by atoms with Crippen LogP contribution in [-0.4, -0.2) is 61.4 Å². The Morgan fingerprint density at radius 3 is 2.13 bits per heavy atom. The molecule has 1 amide bonds. The molecule has 0 radical (unpaired) electrons. The first-order chi connectivity index (χ1) is 15.1. The fourth-order valence-corrected chi connectivity index (χ4v) is 3.90. The van der Waals surface area contributed by atoms with Crippen LogP contribution in [0.3, 0.4) is 0 Å². The van der Waals surface area contributed by atoms with Crippen molar-refractivity contribution in [2.75, 3.05) is 45.3 Å². The van der Waals surface area contributed by atoms with Crippen LogP contribution in [0.15, 0.2) is 54.6 Å². The number of carbonyl (C=O) groups is 1. The van der Waals surface area contributed by atoms with E-state index in [-0.39, 0.29) is 5.91 Å². The minimum Gasteiger partial charge on any atom is -0.496 e. The SMILES string of the molecule is COc1cccc(OC)c1C(=O)N1CCN(c2ccc(-c3ccccc3Cl)nn2)CC1. The van der Waals surface area contributed by atoms with Crippen LogP contribution in [0, 0.1) is 0 Å². The summed E-state index contributed by atoms with van der Waals surface area (Å²) >= 11 is 6.25. The highest BCUT2D eigenvalue weighted by molar-refractivity contribution is 6.33. The van der Waals surface area contributed by atoms with Gasteiger partial charge in [-0.1, -0.05) is 35.9 Å². The van der Waals surface area contributed by atoms with Gasteiger partial charge >= 0.3 is 0 Å². The highest BCUT2D eigenvalue weighted by Gasteiger charge is 2.27. The van der Waals surface area contributed by atoms with E-state index in [0.29, 0.717) is 48.3 Å². The summed E-state index contributed by atoms with van der Waals surface area (Å²) in [6.45, 7) is 2.44. The van der Waals surface area contributed by atoms with Crippen LogP contribution in [0.5, 0.6) is 11.5 Å². The quantitative estimate of drug-likeness (QED) is 0.604. The number of halogens is 1. The van der Waals surface area contributed by atoms with Crippen molar-refractivity contribution in [1.29, 1.82) is 0 Å². The van der Waals surface area contributed by atoms with E-state index in [2.05, 4.69) is 15.1 Å². The molecule has 1 aromatic heterocycles. The molecule has 0 aliphatic carbocycles. The number of piperazine rings is 1. The van der Waals surface area contributed by atoms with Crippen LogP contribution >= 0.6 is 11.6 Å². The smallest absolute Gasteiger partial charge is 0.261 e. The number of hydrogen-bond donors (Lipinski definition) is 0. The monoisotopic (exact) mass is 438 g/mol. The summed E-state index contributed by atoms with van der Waals surface area (Å²) in [4.78, 5) is 17.1. The Hall–Kier alpha value is -3.32. The molecule has 0 bridgehead atoms. The molecule has 8 heteroatoms. The number of aromatic nitrogens is 2. The topological polar surface area (TPSA) is 67.8 Å². The summed E-state index contributed by atoms with van der Waals surface area (Å²) < 4.78 is 10.8. The zero-order valence-corrected chi connectivity index (χ0v) is 18.2. The van der Waals surface area contributed by atoms with Crippen molar-refractivity contribution >= 4 is 23.3 Å². The lowest BCUT2D eigenvalue weighted by Gasteiger charge is -2.35. The highest BCUT2D eigenvalue weighted by atomic mass is 35.5. The molecule has 1 aliphatic heterocycles. The summed E-state index contributed by atoms with van der Waals surface area (Å²) in [5.74, 6) is 1.69. The van der Waals surface area contributed by atoms with Gasteiger partial charge in [-0.2, -0.15) is 0 Å². The Labute approximate surface area is 186 Å². The molecule has 160 valence electrons. The lowest BCUT2D eigenvalue weighted by molar-refractivity contribution is 0.0739. The number of hydrogen-bond acceptors (Lipinski definition) is 6. The summed E-state index contributed by atoms with van der Waals surface area (Å²) in [5, 5.41) is 9.36. The Bertz CT molecular complexity index is 1040. The highest BCUT2D eigenvalue weighted by Crippen LogP contribution is 2.30. The molecule has 0 spiro atoms. The van der Waals surface area contributed by atoms with Crippen LogP contribution in [0.4, 0.5) is 5.82 Å². The second-order valence-corrected chi connectivity index (χ2v) is 7.48. The number of methoxy groups -OCH3 is 2. The van der Waals surface area contributed by atoms with E-state index in [4.69, 9.17) is 21.1 Å². The summed E-state index contributed by atoms with van der Waals surface area (Å²) in [6.07, 6.45) is 0. The molecule has 0 N–H and O–H groups in total. The maximum atomic E-state index is 13.1. The zero-order valence-electron chi connectivity index (χ0n) is 17.4. The molecule has 2 heterocycles. The van der Waals surface area contributed by atoms with Crippen molar-refractivity contribution in [1.82, 2.24) is 15.1 Å². The molecule has 7 nitrogen and oxygen atoms in total. The van der Waals surface area contributed by atoms with Gasteiger partial charge in [-0.25, -0.2) is 0 Å². The lowest BCUT2D eigenvalue weighted by atomic mass is 10.1. The van der Waals surface area contributed by atoms with E-state index < -0.39 is 0 Å². The van der Waals surface area contributed by atoms with Gasteiger partial charge in [0.1, 0.15) is 17.1 Å². The summed E-state index contributed by atoms with van der Waals surface area (Å²) in [5.41, 5.74) is 2.03. The van der Waals surface area contributed by atoms with Crippen molar-refractivity contribution in [3.05, 3.63) is 65.2 Å². The van der Waals surface area contributed by atoms with Crippen molar-refractivity contribution in [2.24, 2.45) is 0 Å². The first-order valence-electron chi connectivity index (χ1n) is 9.96. The summed E-state index contributed by atoms with van der Waals surface area (Å²) in [7, 11) is 3.10. The van der Waals surface area contributed by atoms with Gasteiger partial charge in [0, 0.05) is 31.7 Å². The minimum atomic E-state index is -0.103. The van der Waals surface area contributed by atoms with Crippen LogP contribution < -0.4 is 14.4 Å². The number of ether oxygens (including phenoxy) is 2. The lowest BCUT2D eigenvalue weighted by Crippen LogP contribution is -2.49. The van der Waals surface area contributed by atoms with Gasteiger partial charge in [0.2, 0.25) is 0 Å². The second kappa shape index (κ2) is 9.22. The third kappa shape index (κ3) is 4.27. The van der Waals surface area contributed by atoms with E-state index in [9.17, 15) is 4.79 Å². The Morgan fingerprint density at radius 1 is 0.871 bits per heavy atom. The van der Waals surface area contributed by atoms with Crippen molar-refractivity contribution in [3.63, 3.8) is 0 Å². The number of anilines is 1. The normalized spacial score (nSPS) is 13.8. The van der Waals surface area contributed by atoms with Gasteiger partial charge in [-0.05, 0) is 30.3 Å². The molecule has 4 rings (SSSR count). The van der Waals surface area contributed by atoms with Gasteiger partial charge in [0.25, 0.3) is 5.91 Å². The predicted molar refractivity (Wildman–Crippen MR) is 120 cm³/mol. The molecule has 1 saturated heterocycles. The first-order valence-corrected chi connectivity index (χ1v) is 10.3. The number of nitrogens with zero attached hydrogens (tertiary/aromatic N) is 4. The van der Waals surface area contributed by atoms with E-state index >= 15 is 0 Å². The van der Waals surface area contributed by atoms with Gasteiger partial charge in [-0.15, -0.1) is 10.2 Å². The van der Waals surface area contributed by atoms with Crippen LogP contribution in [0.1, 0.15) is 10.4 Å². The molecule has 1 fully saturated rings. The Kier molecular flexibility index (Phi) is 6.23. The minimum absolute atomic E-state index is 0.103. The zero-order chi connectivity index (χ0) is 21.8. The average molecular weight is 439 g/mol. The van der Waals surface area contributed by atoms with E-state index in [1.807, 2.05) is 41.3 Å². The number of carbonyl (C=O) groups excluding carboxylic acids is 1. The molecule has 3 aromatic rings. The molecular weight excluding hydrogens is 416 g/mol. The maximum Gasteiger partial charge on any atom is 0.261 e. The predicted octanol–water partition coefficient (Wildman–Crippen LogP) is 3.78. The fourth-order valence-electron chi connectivity index (χ4n) is 3.67. The van der Waals surface area contributed by atoms with Crippen LogP contribution in [-0.2, 0) is 0 Å². The van der Waals surface area contributed by atoms with Crippen molar-refractivity contribution in [2.45, 2.75) is 0 Å². The van der Waals surface area contributed by atoms with Gasteiger partial charge in [0.15, 0.2) is 5.82 Å². The standard InChI is InChI=1S/C23H23ClN4O3/c1-30-19-8-5-9-20(31-2)22(19)23(29)28-14-12-27(13-15-28)21-11-10-18(25-26-21)16-6-3-4-7-17(16)24/h3-11H,12-15H2,1-2H3. The molecule has 2 aromatic carbocycles. The third-order valence-electron chi connectivity index (χ3n) is 5.33. The Balaban J connectivity index is 1.45. The second-order valence-electron chi connectivity index (χ2n) is 7.07. The maximum absolute atomic E-state index is 13.1. The van der Waals surface area contributed by atoms with Crippen molar-refractivity contribution < 1.29 is 14.3 Å². The molecule has 0 atom stereocenters.